The van der Waals surface area contributed by atoms with Gasteiger partial charge in [0.15, 0.2) is 5.75 Å². The summed E-state index contributed by atoms with van der Waals surface area (Å²) in [5.41, 5.74) is 2.05. The molecule has 3 aromatic rings. The molecule has 0 saturated carbocycles. The van der Waals surface area contributed by atoms with Crippen LogP contribution in [0.5, 0.6) is 5.75 Å². The molecule has 0 heterocycles. The molecule has 0 spiro atoms. The monoisotopic (exact) mass is 491 g/mol. The molecular weight excluding hydrogens is 473 g/mol. The van der Waals surface area contributed by atoms with E-state index in [2.05, 4.69) is 5.16 Å². The van der Waals surface area contributed by atoms with E-state index in [4.69, 9.17) is 28.0 Å². The first-order valence-corrected chi connectivity index (χ1v) is 11.5. The molecule has 0 radical (unpaired) electrons. The summed E-state index contributed by atoms with van der Waals surface area (Å²) in [6.45, 7) is 0. The van der Waals surface area contributed by atoms with Gasteiger partial charge in [0.2, 0.25) is 0 Å². The summed E-state index contributed by atoms with van der Waals surface area (Å²) in [6.07, 6.45) is 1.56. The number of halogens is 2. The highest BCUT2D eigenvalue weighted by molar-refractivity contribution is 7.90. The van der Waals surface area contributed by atoms with Crippen LogP contribution in [-0.2, 0) is 10.0 Å². The van der Waals surface area contributed by atoms with Gasteiger partial charge < -0.3 is 9.74 Å². The van der Waals surface area contributed by atoms with E-state index >= 15 is 0 Å². The maximum Gasteiger partial charge on any atom is 0.265 e. The Balaban J connectivity index is 1.62. The molecule has 166 valence electrons. The lowest BCUT2D eigenvalue weighted by molar-refractivity contribution is 0.0981. The zero-order chi connectivity index (χ0) is 23.3. The van der Waals surface area contributed by atoms with Gasteiger partial charge in [0.1, 0.15) is 4.90 Å². The molecule has 10 heteroatoms. The first kappa shape index (κ1) is 23.6. The molecule has 0 saturated heterocycles. The number of carbonyl (C=O) groups excluding carboxylic acids is 1. The maximum absolute atomic E-state index is 12.4. The summed E-state index contributed by atoms with van der Waals surface area (Å²) in [4.78, 5) is 19.4. The third kappa shape index (κ3) is 6.00. The number of benzene rings is 3. The molecule has 0 unspecified atom stereocenters. The normalized spacial score (nSPS) is 11.4. The highest BCUT2D eigenvalue weighted by atomic mass is 35.5. The van der Waals surface area contributed by atoms with E-state index in [0.717, 1.165) is 11.3 Å². The molecule has 0 fully saturated rings. The number of nitrogens with one attached hydrogen (secondary N) is 1. The van der Waals surface area contributed by atoms with Gasteiger partial charge in [-0.2, -0.15) is 0 Å². The van der Waals surface area contributed by atoms with Crippen LogP contribution in [0.2, 0.25) is 10.0 Å². The predicted molar refractivity (Wildman–Crippen MR) is 127 cm³/mol. The van der Waals surface area contributed by atoms with E-state index in [-0.39, 0.29) is 20.5 Å². The van der Waals surface area contributed by atoms with Crippen molar-refractivity contribution >= 4 is 51.0 Å². The van der Waals surface area contributed by atoms with Gasteiger partial charge in [-0.25, -0.2) is 13.1 Å². The van der Waals surface area contributed by atoms with Crippen molar-refractivity contribution in [1.29, 1.82) is 0 Å². The predicted octanol–water partition coefficient (Wildman–Crippen LogP) is 4.59. The Labute approximate surface area is 196 Å². The van der Waals surface area contributed by atoms with Crippen molar-refractivity contribution in [2.24, 2.45) is 5.16 Å². The Kier molecular flexibility index (Phi) is 7.40. The largest absolute Gasteiger partial charge is 0.378 e. The van der Waals surface area contributed by atoms with Crippen molar-refractivity contribution < 1.29 is 18.0 Å². The molecule has 0 aliphatic carbocycles. The van der Waals surface area contributed by atoms with Crippen molar-refractivity contribution in [3.8, 4) is 5.75 Å². The number of anilines is 1. The summed E-state index contributed by atoms with van der Waals surface area (Å²) in [5.74, 6) is -0.432. The molecule has 3 aromatic carbocycles. The summed E-state index contributed by atoms with van der Waals surface area (Å²) in [7, 11) is -0.253. The SMILES string of the molecule is CN(C)c1ccc(/C=N/Oc2ccc(C(=O)NS(=O)(=O)c3ccc(Cl)cc3Cl)cc2)cc1. The van der Waals surface area contributed by atoms with Gasteiger partial charge in [-0.3, -0.25) is 4.79 Å². The van der Waals surface area contributed by atoms with Crippen LogP contribution in [-0.4, -0.2) is 34.6 Å². The van der Waals surface area contributed by atoms with Crippen molar-refractivity contribution in [2.75, 3.05) is 19.0 Å². The Hall–Kier alpha value is -3.07. The highest BCUT2D eigenvalue weighted by Gasteiger charge is 2.21. The number of hydrogen-bond donors (Lipinski definition) is 1. The van der Waals surface area contributed by atoms with E-state index in [0.29, 0.717) is 5.75 Å². The molecule has 7 nitrogen and oxygen atoms in total. The number of amides is 1. The summed E-state index contributed by atoms with van der Waals surface area (Å²) < 4.78 is 26.9. The van der Waals surface area contributed by atoms with Crippen LogP contribution in [0.4, 0.5) is 5.69 Å². The molecule has 3 rings (SSSR count). The Morgan fingerprint density at radius 2 is 1.66 bits per heavy atom. The van der Waals surface area contributed by atoms with Gasteiger partial charge in [-0.15, -0.1) is 0 Å². The van der Waals surface area contributed by atoms with Gasteiger partial charge in [-0.05, 0) is 60.2 Å². The third-order valence-electron chi connectivity index (χ3n) is 4.30. The Morgan fingerprint density at radius 3 is 2.25 bits per heavy atom. The molecule has 0 aliphatic heterocycles. The quantitative estimate of drug-likeness (QED) is 0.385. The zero-order valence-corrected chi connectivity index (χ0v) is 19.4. The number of oxime groups is 1. The number of carbonyl (C=O) groups is 1. The highest BCUT2D eigenvalue weighted by Crippen LogP contribution is 2.25. The van der Waals surface area contributed by atoms with Crippen LogP contribution in [0.3, 0.4) is 0 Å². The second-order valence-corrected chi connectivity index (χ2v) is 9.34. The first-order chi connectivity index (χ1) is 15.2. The van der Waals surface area contributed by atoms with Crippen molar-refractivity contribution in [3.05, 3.63) is 87.9 Å². The zero-order valence-electron chi connectivity index (χ0n) is 17.1. The lowest BCUT2D eigenvalue weighted by atomic mass is 10.2. The summed E-state index contributed by atoms with van der Waals surface area (Å²) in [5, 5.41) is 4.11. The fourth-order valence-corrected chi connectivity index (χ4v) is 4.35. The van der Waals surface area contributed by atoms with Crippen LogP contribution in [0, 0.1) is 0 Å². The van der Waals surface area contributed by atoms with Gasteiger partial charge in [0.05, 0.1) is 11.2 Å². The second kappa shape index (κ2) is 10.0. The maximum atomic E-state index is 12.4. The standard InChI is InChI=1S/C22H19Cl2N3O4S/c1-27(2)18-8-3-15(4-9-18)14-25-31-19-10-5-16(6-11-19)22(28)26-32(29,30)21-12-7-17(23)13-20(21)24/h3-14H,1-2H3,(H,26,28)/b25-14+. The van der Waals surface area contributed by atoms with Gasteiger partial charge in [0.25, 0.3) is 15.9 Å². The average Bonchev–Trinajstić information content (AvgIpc) is 2.74. The van der Waals surface area contributed by atoms with Gasteiger partial charge in [0, 0.05) is 30.4 Å². The molecule has 0 aromatic heterocycles. The Morgan fingerprint density at radius 1 is 1.00 bits per heavy atom. The van der Waals surface area contributed by atoms with E-state index in [1.54, 1.807) is 6.21 Å². The average molecular weight is 492 g/mol. The number of rotatable bonds is 7. The molecular formula is C22H19Cl2N3O4S. The minimum atomic E-state index is -4.17. The second-order valence-electron chi connectivity index (χ2n) is 6.85. The molecule has 32 heavy (non-hydrogen) atoms. The topological polar surface area (TPSA) is 88.1 Å². The lowest BCUT2D eigenvalue weighted by Crippen LogP contribution is -2.30. The Bertz CT molecular complexity index is 1240. The van der Waals surface area contributed by atoms with Gasteiger partial charge >= 0.3 is 0 Å². The molecule has 0 bridgehead atoms. The van der Waals surface area contributed by atoms with Crippen molar-refractivity contribution in [3.63, 3.8) is 0 Å². The molecule has 1 N–H and O–H groups in total. The van der Waals surface area contributed by atoms with Crippen LogP contribution < -0.4 is 14.5 Å². The third-order valence-corrected chi connectivity index (χ3v) is 6.35. The van der Waals surface area contributed by atoms with E-state index < -0.39 is 15.9 Å². The van der Waals surface area contributed by atoms with E-state index in [1.807, 2.05) is 48.0 Å². The summed E-state index contributed by atoms with van der Waals surface area (Å²) in [6, 6.07) is 17.5. The van der Waals surface area contributed by atoms with Gasteiger partial charge in [-0.1, -0.05) is 40.5 Å². The fourth-order valence-electron chi connectivity index (χ4n) is 2.60. The van der Waals surface area contributed by atoms with E-state index in [9.17, 15) is 13.2 Å². The number of nitrogens with zero attached hydrogens (tertiary/aromatic N) is 2. The molecule has 0 aliphatic rings. The van der Waals surface area contributed by atoms with E-state index in [1.165, 1.54) is 42.5 Å². The lowest BCUT2D eigenvalue weighted by Gasteiger charge is -2.11. The minimum absolute atomic E-state index is 0.0873. The van der Waals surface area contributed by atoms with Crippen LogP contribution in [0.15, 0.2) is 76.8 Å². The van der Waals surface area contributed by atoms with Crippen molar-refractivity contribution in [1.82, 2.24) is 4.72 Å². The van der Waals surface area contributed by atoms with Crippen molar-refractivity contribution in [2.45, 2.75) is 4.90 Å². The first-order valence-electron chi connectivity index (χ1n) is 9.26. The summed E-state index contributed by atoms with van der Waals surface area (Å²) >= 11 is 11.7. The number of hydrogen-bond acceptors (Lipinski definition) is 6. The van der Waals surface area contributed by atoms with Crippen LogP contribution in [0.1, 0.15) is 15.9 Å². The smallest absolute Gasteiger partial charge is 0.265 e. The van der Waals surface area contributed by atoms with Crippen LogP contribution >= 0.6 is 23.2 Å². The van der Waals surface area contributed by atoms with Crippen LogP contribution in [0.25, 0.3) is 0 Å². The molecule has 0 atom stereocenters. The number of sulfonamides is 1. The molecule has 1 amide bonds. The minimum Gasteiger partial charge on any atom is -0.378 e. The fraction of sp³-hybridized carbons (Fsp3) is 0.0909.